The molecule has 0 unspecified atom stereocenters. The monoisotopic (exact) mass is 325 g/mol. The minimum absolute atomic E-state index is 0.0421. The molecule has 0 atom stereocenters. The van der Waals surface area contributed by atoms with Crippen molar-refractivity contribution >= 4 is 22.9 Å². The van der Waals surface area contributed by atoms with E-state index in [9.17, 15) is 4.79 Å². The SMILES string of the molecule is O=C(Nc1ccc(-n2cnnn2)cc1)c1cc2c(s1)CCCC2. The Bertz CT molecular complexity index is 799. The van der Waals surface area contributed by atoms with Crippen LogP contribution in [-0.4, -0.2) is 26.1 Å². The van der Waals surface area contributed by atoms with Crippen LogP contribution in [0, 0.1) is 0 Å². The number of thiophene rings is 1. The Morgan fingerprint density at radius 2 is 2.00 bits per heavy atom. The van der Waals surface area contributed by atoms with Crippen LogP contribution in [0.15, 0.2) is 36.7 Å². The summed E-state index contributed by atoms with van der Waals surface area (Å²) < 4.78 is 1.57. The summed E-state index contributed by atoms with van der Waals surface area (Å²) >= 11 is 1.62. The highest BCUT2D eigenvalue weighted by Gasteiger charge is 2.17. The number of hydrogen-bond donors (Lipinski definition) is 1. The third-order valence-corrected chi connectivity index (χ3v) is 5.19. The molecule has 1 aromatic carbocycles. The van der Waals surface area contributed by atoms with E-state index in [1.807, 2.05) is 30.3 Å². The number of amides is 1. The first-order chi connectivity index (χ1) is 11.3. The van der Waals surface area contributed by atoms with Gasteiger partial charge in [0.05, 0.1) is 10.6 Å². The van der Waals surface area contributed by atoms with E-state index in [-0.39, 0.29) is 5.91 Å². The molecule has 116 valence electrons. The van der Waals surface area contributed by atoms with Crippen LogP contribution in [0.2, 0.25) is 0 Å². The Hall–Kier alpha value is -2.54. The molecule has 2 heterocycles. The van der Waals surface area contributed by atoms with Gasteiger partial charge in [-0.3, -0.25) is 4.79 Å². The number of rotatable bonds is 3. The summed E-state index contributed by atoms with van der Waals surface area (Å²) in [5.74, 6) is -0.0421. The minimum atomic E-state index is -0.0421. The first-order valence-corrected chi connectivity index (χ1v) is 8.37. The average molecular weight is 325 g/mol. The Balaban J connectivity index is 1.49. The van der Waals surface area contributed by atoms with E-state index in [1.165, 1.54) is 29.6 Å². The molecule has 0 fully saturated rings. The van der Waals surface area contributed by atoms with Crippen molar-refractivity contribution in [2.75, 3.05) is 5.32 Å². The fraction of sp³-hybridized carbons (Fsp3) is 0.250. The largest absolute Gasteiger partial charge is 0.321 e. The zero-order valence-electron chi connectivity index (χ0n) is 12.4. The number of carbonyl (C=O) groups excluding carboxylic acids is 1. The quantitative estimate of drug-likeness (QED) is 0.803. The van der Waals surface area contributed by atoms with Gasteiger partial charge in [-0.2, -0.15) is 0 Å². The van der Waals surface area contributed by atoms with E-state index in [2.05, 4.69) is 20.8 Å². The first kappa shape index (κ1) is 14.1. The van der Waals surface area contributed by atoms with E-state index < -0.39 is 0 Å². The highest BCUT2D eigenvalue weighted by molar-refractivity contribution is 7.14. The van der Waals surface area contributed by atoms with E-state index in [4.69, 9.17) is 0 Å². The summed E-state index contributed by atoms with van der Waals surface area (Å²) in [6.45, 7) is 0. The molecular formula is C16H15N5OS. The maximum absolute atomic E-state index is 12.4. The number of aryl methyl sites for hydroxylation is 2. The number of nitrogens with zero attached hydrogens (tertiary/aromatic N) is 4. The lowest BCUT2D eigenvalue weighted by atomic mass is 9.99. The molecule has 3 aromatic rings. The standard InChI is InChI=1S/C16H15N5OS/c22-16(15-9-11-3-1-2-4-14(11)23-15)18-12-5-7-13(8-6-12)21-10-17-19-20-21/h5-10H,1-4H2,(H,18,22). The molecule has 2 aromatic heterocycles. The topological polar surface area (TPSA) is 72.7 Å². The maximum atomic E-state index is 12.4. The van der Waals surface area contributed by atoms with Crippen molar-refractivity contribution in [2.45, 2.75) is 25.7 Å². The molecule has 0 saturated carbocycles. The molecule has 0 saturated heterocycles. The van der Waals surface area contributed by atoms with Crippen LogP contribution in [0.4, 0.5) is 5.69 Å². The third kappa shape index (κ3) is 2.87. The number of tetrazole rings is 1. The third-order valence-electron chi connectivity index (χ3n) is 3.96. The minimum Gasteiger partial charge on any atom is -0.321 e. The second-order valence-corrected chi connectivity index (χ2v) is 6.66. The van der Waals surface area contributed by atoms with Gasteiger partial charge < -0.3 is 5.32 Å². The van der Waals surface area contributed by atoms with Crippen molar-refractivity contribution in [2.24, 2.45) is 0 Å². The van der Waals surface area contributed by atoms with E-state index >= 15 is 0 Å². The normalized spacial score (nSPS) is 13.6. The van der Waals surface area contributed by atoms with Crippen LogP contribution in [0.3, 0.4) is 0 Å². The van der Waals surface area contributed by atoms with Gasteiger partial charge in [0, 0.05) is 10.6 Å². The van der Waals surface area contributed by atoms with Crippen molar-refractivity contribution in [1.29, 1.82) is 0 Å². The zero-order chi connectivity index (χ0) is 15.6. The summed E-state index contributed by atoms with van der Waals surface area (Å²) in [5.41, 5.74) is 2.96. The van der Waals surface area contributed by atoms with Crippen LogP contribution in [0.5, 0.6) is 0 Å². The van der Waals surface area contributed by atoms with Gasteiger partial charge in [0.25, 0.3) is 5.91 Å². The number of fused-ring (bicyclic) bond motifs is 1. The van der Waals surface area contributed by atoms with Gasteiger partial charge in [-0.05, 0) is 72.0 Å². The Morgan fingerprint density at radius 1 is 1.17 bits per heavy atom. The van der Waals surface area contributed by atoms with Gasteiger partial charge in [-0.25, -0.2) is 4.68 Å². The molecule has 0 aliphatic heterocycles. The number of hydrogen-bond acceptors (Lipinski definition) is 5. The number of benzene rings is 1. The molecule has 1 aliphatic carbocycles. The molecular weight excluding hydrogens is 310 g/mol. The van der Waals surface area contributed by atoms with Gasteiger partial charge in [-0.1, -0.05) is 0 Å². The number of anilines is 1. The van der Waals surface area contributed by atoms with Crippen molar-refractivity contribution in [1.82, 2.24) is 20.2 Å². The lowest BCUT2D eigenvalue weighted by molar-refractivity contribution is 0.103. The summed E-state index contributed by atoms with van der Waals surface area (Å²) in [4.78, 5) is 14.6. The lowest BCUT2D eigenvalue weighted by Crippen LogP contribution is -2.10. The van der Waals surface area contributed by atoms with E-state index in [1.54, 1.807) is 16.0 Å². The number of nitrogens with one attached hydrogen (secondary N) is 1. The van der Waals surface area contributed by atoms with E-state index in [0.29, 0.717) is 0 Å². The molecule has 1 N–H and O–H groups in total. The fourth-order valence-electron chi connectivity index (χ4n) is 2.77. The van der Waals surface area contributed by atoms with Crippen molar-refractivity contribution in [3.8, 4) is 5.69 Å². The van der Waals surface area contributed by atoms with Crippen molar-refractivity contribution in [3.63, 3.8) is 0 Å². The number of carbonyl (C=O) groups is 1. The average Bonchev–Trinajstić information content (AvgIpc) is 3.25. The maximum Gasteiger partial charge on any atom is 0.265 e. The molecule has 4 rings (SSSR count). The molecule has 23 heavy (non-hydrogen) atoms. The highest BCUT2D eigenvalue weighted by Crippen LogP contribution is 2.30. The second kappa shape index (κ2) is 5.92. The summed E-state index contributed by atoms with van der Waals surface area (Å²) in [5, 5.41) is 14.0. The smallest absolute Gasteiger partial charge is 0.265 e. The molecule has 0 spiro atoms. The Morgan fingerprint density at radius 3 is 2.74 bits per heavy atom. The zero-order valence-corrected chi connectivity index (χ0v) is 13.2. The van der Waals surface area contributed by atoms with Crippen molar-refractivity contribution < 1.29 is 4.79 Å². The van der Waals surface area contributed by atoms with Gasteiger partial charge >= 0.3 is 0 Å². The van der Waals surface area contributed by atoms with Crippen molar-refractivity contribution in [3.05, 3.63) is 52.0 Å². The predicted octanol–water partition coefficient (Wildman–Crippen LogP) is 2.85. The van der Waals surface area contributed by atoms with Crippen LogP contribution < -0.4 is 5.32 Å². The summed E-state index contributed by atoms with van der Waals surface area (Å²) in [6, 6.07) is 9.48. The molecule has 0 radical (unpaired) electrons. The molecule has 1 amide bonds. The van der Waals surface area contributed by atoms with Crippen LogP contribution in [0.25, 0.3) is 5.69 Å². The summed E-state index contributed by atoms with van der Waals surface area (Å²) in [7, 11) is 0. The Labute approximate surface area is 137 Å². The van der Waals surface area contributed by atoms with E-state index in [0.717, 1.165) is 29.1 Å². The lowest BCUT2D eigenvalue weighted by Gasteiger charge is -2.08. The first-order valence-electron chi connectivity index (χ1n) is 7.56. The molecule has 0 bridgehead atoms. The van der Waals surface area contributed by atoms with Crippen LogP contribution in [-0.2, 0) is 12.8 Å². The van der Waals surface area contributed by atoms with Gasteiger partial charge in [-0.15, -0.1) is 16.4 Å². The molecule has 1 aliphatic rings. The van der Waals surface area contributed by atoms with Gasteiger partial charge in [0.2, 0.25) is 0 Å². The number of aromatic nitrogens is 4. The summed E-state index contributed by atoms with van der Waals surface area (Å²) in [6.07, 6.45) is 6.19. The highest BCUT2D eigenvalue weighted by atomic mass is 32.1. The van der Waals surface area contributed by atoms with Gasteiger partial charge in [0.15, 0.2) is 0 Å². The molecule has 7 heteroatoms. The fourth-order valence-corrected chi connectivity index (χ4v) is 3.92. The van der Waals surface area contributed by atoms with Gasteiger partial charge in [0.1, 0.15) is 6.33 Å². The predicted molar refractivity (Wildman–Crippen MR) is 88.1 cm³/mol. The van der Waals surface area contributed by atoms with Crippen LogP contribution in [0.1, 0.15) is 33.0 Å². The Kier molecular flexibility index (Phi) is 3.63. The molecule has 6 nitrogen and oxygen atoms in total. The second-order valence-electron chi connectivity index (χ2n) is 5.52. The van der Waals surface area contributed by atoms with Crippen LogP contribution >= 0.6 is 11.3 Å².